The Labute approximate surface area is 79.1 Å². The Morgan fingerprint density at radius 2 is 2.23 bits per heavy atom. The molecule has 1 aromatic rings. The van der Waals surface area contributed by atoms with Crippen LogP contribution >= 0.6 is 0 Å². The van der Waals surface area contributed by atoms with Gasteiger partial charge in [-0.05, 0) is 37.0 Å². The number of hydrogen-bond donors (Lipinski definition) is 2. The number of aryl methyl sites for hydroxylation is 1. The van der Waals surface area contributed by atoms with Gasteiger partial charge in [0.25, 0.3) is 0 Å². The van der Waals surface area contributed by atoms with E-state index in [1.165, 1.54) is 24.0 Å². The molecule has 1 saturated carbocycles. The maximum atomic E-state index is 5.74. The molecule has 2 rings (SSSR count). The van der Waals surface area contributed by atoms with Crippen LogP contribution in [0.15, 0.2) is 18.2 Å². The first kappa shape index (κ1) is 8.57. The smallest absolute Gasteiger partial charge is 0.0343 e. The van der Waals surface area contributed by atoms with Crippen LogP contribution in [0.4, 0.5) is 5.69 Å². The lowest BCUT2D eigenvalue weighted by Gasteiger charge is -2.05. The minimum absolute atomic E-state index is 0.776. The molecule has 0 atom stereocenters. The van der Waals surface area contributed by atoms with Crippen molar-refractivity contribution < 1.29 is 0 Å². The number of hydrogen-bond acceptors (Lipinski definition) is 2. The molecule has 1 aromatic carbocycles. The highest BCUT2D eigenvalue weighted by molar-refractivity contribution is 5.47. The van der Waals surface area contributed by atoms with E-state index in [0.717, 1.165) is 18.3 Å². The molecular weight excluding hydrogens is 160 g/mol. The third-order valence-electron chi connectivity index (χ3n) is 2.51. The lowest BCUT2D eigenvalue weighted by molar-refractivity contribution is 0.687. The Bertz CT molecular complexity index is 303. The van der Waals surface area contributed by atoms with Gasteiger partial charge in [0.15, 0.2) is 0 Å². The van der Waals surface area contributed by atoms with E-state index in [2.05, 4.69) is 24.4 Å². The molecular formula is C11H16N2. The van der Waals surface area contributed by atoms with Gasteiger partial charge in [0, 0.05) is 18.3 Å². The molecule has 1 fully saturated rings. The molecule has 0 saturated heterocycles. The minimum atomic E-state index is 0.776. The molecule has 1 aliphatic rings. The van der Waals surface area contributed by atoms with Crippen LogP contribution in [0, 0.1) is 6.92 Å². The predicted octanol–water partition coefficient (Wildman–Crippen LogP) is 1.83. The van der Waals surface area contributed by atoms with E-state index >= 15 is 0 Å². The quantitative estimate of drug-likeness (QED) is 0.689. The van der Waals surface area contributed by atoms with Gasteiger partial charge in [-0.25, -0.2) is 0 Å². The van der Waals surface area contributed by atoms with E-state index < -0.39 is 0 Å². The van der Waals surface area contributed by atoms with Gasteiger partial charge in [-0.2, -0.15) is 0 Å². The standard InChI is InChI=1S/C11H16N2/c1-8-6-9(2-5-11(8)12)7-13-10-3-4-10/h2,5-6,10,13H,3-4,7,12H2,1H3. The highest BCUT2D eigenvalue weighted by Gasteiger charge is 2.19. The van der Waals surface area contributed by atoms with Gasteiger partial charge in [-0.15, -0.1) is 0 Å². The monoisotopic (exact) mass is 176 g/mol. The molecule has 0 unspecified atom stereocenters. The summed E-state index contributed by atoms with van der Waals surface area (Å²) < 4.78 is 0. The van der Waals surface area contributed by atoms with Crippen LogP contribution in [0.25, 0.3) is 0 Å². The third-order valence-corrected chi connectivity index (χ3v) is 2.51. The maximum absolute atomic E-state index is 5.74. The number of benzene rings is 1. The van der Waals surface area contributed by atoms with Gasteiger partial charge in [0.1, 0.15) is 0 Å². The van der Waals surface area contributed by atoms with Crippen LogP contribution in [-0.2, 0) is 6.54 Å². The molecule has 2 heteroatoms. The number of nitrogens with one attached hydrogen (secondary N) is 1. The Morgan fingerprint density at radius 1 is 1.46 bits per heavy atom. The summed E-state index contributed by atoms with van der Waals surface area (Å²) in [4.78, 5) is 0. The number of nitrogen functional groups attached to an aromatic ring is 1. The largest absolute Gasteiger partial charge is 0.399 e. The summed E-state index contributed by atoms with van der Waals surface area (Å²) in [5.74, 6) is 0. The first-order chi connectivity index (χ1) is 6.25. The Morgan fingerprint density at radius 3 is 2.85 bits per heavy atom. The zero-order valence-electron chi connectivity index (χ0n) is 8.01. The summed E-state index contributed by atoms with van der Waals surface area (Å²) in [5, 5.41) is 3.48. The van der Waals surface area contributed by atoms with Crippen LogP contribution in [0.3, 0.4) is 0 Å². The fraction of sp³-hybridized carbons (Fsp3) is 0.455. The van der Waals surface area contributed by atoms with Gasteiger partial charge < -0.3 is 11.1 Å². The molecule has 0 radical (unpaired) electrons. The highest BCUT2D eigenvalue weighted by Crippen LogP contribution is 2.20. The molecule has 70 valence electrons. The van der Waals surface area contributed by atoms with Crippen molar-refractivity contribution in [2.24, 2.45) is 0 Å². The zero-order chi connectivity index (χ0) is 9.26. The van der Waals surface area contributed by atoms with Crippen molar-refractivity contribution in [1.82, 2.24) is 5.32 Å². The number of rotatable bonds is 3. The number of nitrogens with two attached hydrogens (primary N) is 1. The van der Waals surface area contributed by atoms with Crippen LogP contribution < -0.4 is 11.1 Å². The second-order valence-corrected chi connectivity index (χ2v) is 3.85. The van der Waals surface area contributed by atoms with E-state index in [9.17, 15) is 0 Å². The van der Waals surface area contributed by atoms with Crippen LogP contribution in [0.5, 0.6) is 0 Å². The van der Waals surface area contributed by atoms with E-state index in [4.69, 9.17) is 5.73 Å². The molecule has 0 aromatic heterocycles. The van der Waals surface area contributed by atoms with Gasteiger partial charge in [0.05, 0.1) is 0 Å². The van der Waals surface area contributed by atoms with Crippen LogP contribution in [0.2, 0.25) is 0 Å². The molecule has 1 aliphatic carbocycles. The summed E-state index contributed by atoms with van der Waals surface area (Å²) >= 11 is 0. The highest BCUT2D eigenvalue weighted by atomic mass is 14.9. The van der Waals surface area contributed by atoms with Gasteiger partial charge in [-0.1, -0.05) is 12.1 Å². The Balaban J connectivity index is 1.98. The normalized spacial score (nSPS) is 16.1. The first-order valence-electron chi connectivity index (χ1n) is 4.84. The second-order valence-electron chi connectivity index (χ2n) is 3.85. The van der Waals surface area contributed by atoms with E-state index in [1.807, 2.05) is 6.07 Å². The van der Waals surface area contributed by atoms with Crippen molar-refractivity contribution in [2.75, 3.05) is 5.73 Å². The number of anilines is 1. The summed E-state index contributed by atoms with van der Waals surface area (Å²) in [6, 6.07) is 7.01. The van der Waals surface area contributed by atoms with Crippen molar-refractivity contribution in [3.8, 4) is 0 Å². The van der Waals surface area contributed by atoms with Crippen molar-refractivity contribution in [1.29, 1.82) is 0 Å². The summed E-state index contributed by atoms with van der Waals surface area (Å²) in [5.41, 5.74) is 9.13. The lowest BCUT2D eigenvalue weighted by atomic mass is 10.1. The van der Waals surface area contributed by atoms with E-state index in [1.54, 1.807) is 0 Å². The molecule has 0 bridgehead atoms. The maximum Gasteiger partial charge on any atom is 0.0343 e. The molecule has 0 amide bonds. The van der Waals surface area contributed by atoms with Gasteiger partial charge in [0.2, 0.25) is 0 Å². The van der Waals surface area contributed by atoms with Crippen molar-refractivity contribution in [3.63, 3.8) is 0 Å². The molecule has 0 aliphatic heterocycles. The fourth-order valence-electron chi connectivity index (χ4n) is 1.40. The molecule has 2 nitrogen and oxygen atoms in total. The molecule has 0 heterocycles. The first-order valence-corrected chi connectivity index (χ1v) is 4.84. The third kappa shape index (κ3) is 2.22. The fourth-order valence-corrected chi connectivity index (χ4v) is 1.40. The molecule has 0 spiro atoms. The van der Waals surface area contributed by atoms with Gasteiger partial charge >= 0.3 is 0 Å². The molecule has 3 N–H and O–H groups in total. The van der Waals surface area contributed by atoms with Crippen molar-refractivity contribution in [3.05, 3.63) is 29.3 Å². The van der Waals surface area contributed by atoms with E-state index in [0.29, 0.717) is 0 Å². The molecule has 13 heavy (non-hydrogen) atoms. The Kier molecular flexibility index (Phi) is 2.23. The Hall–Kier alpha value is -1.02. The van der Waals surface area contributed by atoms with Crippen LogP contribution in [-0.4, -0.2) is 6.04 Å². The summed E-state index contributed by atoms with van der Waals surface area (Å²) in [6.45, 7) is 3.03. The minimum Gasteiger partial charge on any atom is -0.399 e. The predicted molar refractivity (Wildman–Crippen MR) is 55.5 cm³/mol. The van der Waals surface area contributed by atoms with Gasteiger partial charge in [-0.3, -0.25) is 0 Å². The zero-order valence-corrected chi connectivity index (χ0v) is 8.01. The lowest BCUT2D eigenvalue weighted by Crippen LogP contribution is -2.15. The van der Waals surface area contributed by atoms with Crippen molar-refractivity contribution in [2.45, 2.75) is 32.4 Å². The van der Waals surface area contributed by atoms with E-state index in [-0.39, 0.29) is 0 Å². The SMILES string of the molecule is Cc1cc(CNC2CC2)ccc1N. The second kappa shape index (κ2) is 3.38. The summed E-state index contributed by atoms with van der Waals surface area (Å²) in [7, 11) is 0. The topological polar surface area (TPSA) is 38.0 Å². The average Bonchev–Trinajstić information content (AvgIpc) is 2.91. The average molecular weight is 176 g/mol. The van der Waals surface area contributed by atoms with Crippen LogP contribution in [0.1, 0.15) is 24.0 Å². The van der Waals surface area contributed by atoms with Crippen molar-refractivity contribution >= 4 is 5.69 Å². The summed E-state index contributed by atoms with van der Waals surface area (Å²) in [6.07, 6.45) is 2.68.